The number of aromatic nitrogens is 2. The van der Waals surface area contributed by atoms with Crippen LogP contribution in [0.3, 0.4) is 0 Å². The zero-order chi connectivity index (χ0) is 16.2. The largest absolute Gasteiger partial charge is 0.342 e. The maximum absolute atomic E-state index is 12.4. The summed E-state index contributed by atoms with van der Waals surface area (Å²) in [6.45, 7) is 1.67. The third kappa shape index (κ3) is 3.58. The molecule has 0 saturated carbocycles. The standard InChI is InChI=1S/C17H21N3O2S/c1-19-14-9-5-4-8-13(14)18-16(17(19)22)23-12-15(21)20-10-6-2-3-7-11-20/h4-5,8-9H,2-3,6-7,10-12H2,1H3. The summed E-state index contributed by atoms with van der Waals surface area (Å²) in [7, 11) is 1.74. The van der Waals surface area contributed by atoms with Crippen LogP contribution in [0.15, 0.2) is 34.1 Å². The van der Waals surface area contributed by atoms with E-state index >= 15 is 0 Å². The zero-order valence-electron chi connectivity index (χ0n) is 13.3. The van der Waals surface area contributed by atoms with Gasteiger partial charge in [0, 0.05) is 20.1 Å². The number of carbonyl (C=O) groups is 1. The number of benzene rings is 1. The Kier molecular flexibility index (Phi) is 5.00. The lowest BCUT2D eigenvalue weighted by atomic mass is 10.2. The molecule has 1 aliphatic rings. The number of fused-ring (bicyclic) bond motifs is 1. The molecule has 1 aromatic carbocycles. The molecule has 3 rings (SSSR count). The molecular formula is C17H21N3O2S. The van der Waals surface area contributed by atoms with Gasteiger partial charge in [-0.3, -0.25) is 9.59 Å². The first-order valence-corrected chi connectivity index (χ1v) is 9.02. The van der Waals surface area contributed by atoms with Gasteiger partial charge in [-0.25, -0.2) is 4.98 Å². The van der Waals surface area contributed by atoms with Gasteiger partial charge in [-0.05, 0) is 25.0 Å². The Morgan fingerprint density at radius 1 is 1.17 bits per heavy atom. The zero-order valence-corrected chi connectivity index (χ0v) is 14.1. The predicted molar refractivity (Wildman–Crippen MR) is 92.8 cm³/mol. The molecule has 23 heavy (non-hydrogen) atoms. The van der Waals surface area contributed by atoms with Crippen LogP contribution < -0.4 is 5.56 Å². The highest BCUT2D eigenvalue weighted by molar-refractivity contribution is 7.99. The van der Waals surface area contributed by atoms with E-state index in [0.29, 0.717) is 5.03 Å². The van der Waals surface area contributed by atoms with Gasteiger partial charge in [0.1, 0.15) is 0 Å². The van der Waals surface area contributed by atoms with Crippen LogP contribution in [-0.2, 0) is 11.8 Å². The van der Waals surface area contributed by atoms with Gasteiger partial charge in [-0.2, -0.15) is 0 Å². The fourth-order valence-electron chi connectivity index (χ4n) is 2.89. The van der Waals surface area contributed by atoms with E-state index in [9.17, 15) is 9.59 Å². The molecule has 0 atom stereocenters. The SMILES string of the molecule is Cn1c(=O)c(SCC(=O)N2CCCCCC2)nc2ccccc21. The van der Waals surface area contributed by atoms with Gasteiger partial charge in [0.05, 0.1) is 16.8 Å². The van der Waals surface area contributed by atoms with E-state index in [0.717, 1.165) is 37.0 Å². The average molecular weight is 331 g/mol. The lowest BCUT2D eigenvalue weighted by Gasteiger charge is -2.19. The summed E-state index contributed by atoms with van der Waals surface area (Å²) < 4.78 is 1.60. The number of likely N-dealkylation sites (tertiary alicyclic amines) is 1. The molecule has 0 bridgehead atoms. The minimum absolute atomic E-state index is 0.105. The van der Waals surface area contributed by atoms with Crippen molar-refractivity contribution >= 4 is 28.7 Å². The first-order chi connectivity index (χ1) is 11.2. The summed E-state index contributed by atoms with van der Waals surface area (Å²) in [5, 5.41) is 0.398. The van der Waals surface area contributed by atoms with Crippen LogP contribution in [0.5, 0.6) is 0 Å². The molecule has 6 heteroatoms. The van der Waals surface area contributed by atoms with E-state index in [1.807, 2.05) is 29.2 Å². The molecule has 0 aliphatic carbocycles. The third-order valence-electron chi connectivity index (χ3n) is 4.24. The van der Waals surface area contributed by atoms with Crippen molar-refractivity contribution in [2.24, 2.45) is 7.05 Å². The Morgan fingerprint density at radius 3 is 2.61 bits per heavy atom. The normalized spacial score (nSPS) is 15.6. The minimum Gasteiger partial charge on any atom is -0.342 e. The van der Waals surface area contributed by atoms with Crippen molar-refractivity contribution in [3.05, 3.63) is 34.6 Å². The van der Waals surface area contributed by atoms with Crippen LogP contribution in [0.25, 0.3) is 11.0 Å². The van der Waals surface area contributed by atoms with Gasteiger partial charge < -0.3 is 9.47 Å². The lowest BCUT2D eigenvalue weighted by Crippen LogP contribution is -2.33. The summed E-state index contributed by atoms with van der Waals surface area (Å²) in [6, 6.07) is 7.55. The number of para-hydroxylation sites is 2. The first kappa shape index (κ1) is 16.1. The van der Waals surface area contributed by atoms with E-state index < -0.39 is 0 Å². The Labute approximate surface area is 139 Å². The summed E-state index contributed by atoms with van der Waals surface area (Å²) in [6.07, 6.45) is 4.55. The predicted octanol–water partition coefficient (Wildman–Crippen LogP) is 2.43. The Bertz CT molecular complexity index is 764. The van der Waals surface area contributed by atoms with Crippen LogP contribution in [0.1, 0.15) is 25.7 Å². The second-order valence-corrected chi connectivity index (χ2v) is 6.82. The summed E-state index contributed by atoms with van der Waals surface area (Å²) in [4.78, 5) is 31.1. The summed E-state index contributed by atoms with van der Waals surface area (Å²) in [5.41, 5.74) is 1.44. The number of nitrogens with zero attached hydrogens (tertiary/aromatic N) is 3. The molecule has 0 unspecified atom stereocenters. The molecule has 1 aliphatic heterocycles. The van der Waals surface area contributed by atoms with Crippen molar-refractivity contribution < 1.29 is 4.79 Å². The van der Waals surface area contributed by atoms with Gasteiger partial charge in [0.2, 0.25) is 5.91 Å². The summed E-state index contributed by atoms with van der Waals surface area (Å²) >= 11 is 1.25. The van der Waals surface area contributed by atoms with Crippen LogP contribution >= 0.6 is 11.8 Å². The van der Waals surface area contributed by atoms with E-state index in [1.54, 1.807) is 11.6 Å². The van der Waals surface area contributed by atoms with Crippen molar-refractivity contribution in [3.8, 4) is 0 Å². The average Bonchev–Trinajstić information content (AvgIpc) is 2.86. The number of hydrogen-bond acceptors (Lipinski definition) is 4. The Balaban J connectivity index is 1.75. The van der Waals surface area contributed by atoms with E-state index in [-0.39, 0.29) is 17.2 Å². The molecule has 1 fully saturated rings. The number of carbonyl (C=O) groups excluding carboxylic acids is 1. The topological polar surface area (TPSA) is 55.2 Å². The quantitative estimate of drug-likeness (QED) is 0.811. The number of amides is 1. The highest BCUT2D eigenvalue weighted by Gasteiger charge is 2.17. The molecule has 0 spiro atoms. The highest BCUT2D eigenvalue weighted by Crippen LogP contribution is 2.17. The lowest BCUT2D eigenvalue weighted by molar-refractivity contribution is -0.128. The smallest absolute Gasteiger partial charge is 0.283 e. The van der Waals surface area contributed by atoms with Crippen molar-refractivity contribution in [3.63, 3.8) is 0 Å². The van der Waals surface area contributed by atoms with Crippen molar-refractivity contribution in [1.82, 2.24) is 14.5 Å². The molecule has 0 N–H and O–H groups in total. The minimum atomic E-state index is -0.141. The maximum Gasteiger partial charge on any atom is 0.283 e. The van der Waals surface area contributed by atoms with Gasteiger partial charge in [-0.1, -0.05) is 36.7 Å². The monoisotopic (exact) mass is 331 g/mol. The van der Waals surface area contributed by atoms with Gasteiger partial charge in [0.25, 0.3) is 5.56 Å². The number of rotatable bonds is 3. The molecule has 1 amide bonds. The Morgan fingerprint density at radius 2 is 1.87 bits per heavy atom. The second-order valence-electron chi connectivity index (χ2n) is 5.85. The van der Waals surface area contributed by atoms with Crippen LogP contribution in [0.4, 0.5) is 0 Å². The van der Waals surface area contributed by atoms with Gasteiger partial charge in [0.15, 0.2) is 5.03 Å². The van der Waals surface area contributed by atoms with Crippen LogP contribution in [0, 0.1) is 0 Å². The second kappa shape index (κ2) is 7.17. The molecule has 1 aromatic heterocycles. The van der Waals surface area contributed by atoms with Crippen LogP contribution in [0.2, 0.25) is 0 Å². The first-order valence-electron chi connectivity index (χ1n) is 8.03. The summed E-state index contributed by atoms with van der Waals surface area (Å²) in [5.74, 6) is 0.384. The van der Waals surface area contributed by atoms with Crippen molar-refractivity contribution in [2.75, 3.05) is 18.8 Å². The highest BCUT2D eigenvalue weighted by atomic mass is 32.2. The van der Waals surface area contributed by atoms with E-state index in [4.69, 9.17) is 0 Å². The number of aryl methyl sites for hydroxylation is 1. The maximum atomic E-state index is 12.4. The van der Waals surface area contributed by atoms with Crippen molar-refractivity contribution in [1.29, 1.82) is 0 Å². The fraction of sp³-hybridized carbons (Fsp3) is 0.471. The molecular weight excluding hydrogens is 310 g/mol. The van der Waals surface area contributed by atoms with Gasteiger partial charge >= 0.3 is 0 Å². The number of hydrogen-bond donors (Lipinski definition) is 0. The molecule has 1 saturated heterocycles. The molecule has 0 radical (unpaired) electrons. The van der Waals surface area contributed by atoms with Crippen LogP contribution in [-0.4, -0.2) is 39.2 Å². The fourth-order valence-corrected chi connectivity index (χ4v) is 3.75. The molecule has 2 aromatic rings. The molecule has 5 nitrogen and oxygen atoms in total. The molecule has 2 heterocycles. The molecule has 122 valence electrons. The van der Waals surface area contributed by atoms with E-state index in [2.05, 4.69) is 4.98 Å². The van der Waals surface area contributed by atoms with Gasteiger partial charge in [-0.15, -0.1) is 0 Å². The van der Waals surface area contributed by atoms with Crippen molar-refractivity contribution in [2.45, 2.75) is 30.7 Å². The number of thioether (sulfide) groups is 1. The Hall–Kier alpha value is -1.82. The third-order valence-corrected chi connectivity index (χ3v) is 5.17. The van der Waals surface area contributed by atoms with E-state index in [1.165, 1.54) is 24.6 Å².